The van der Waals surface area contributed by atoms with Gasteiger partial charge in [0.2, 0.25) is 15.9 Å². The molecule has 1 fully saturated rings. The Morgan fingerprint density at radius 3 is 2.39 bits per heavy atom. The second kappa shape index (κ2) is 9.38. The smallest absolute Gasteiger partial charge is 0.240 e. The Morgan fingerprint density at radius 1 is 1.16 bits per heavy atom. The molecule has 1 amide bonds. The van der Waals surface area contributed by atoms with E-state index in [1.165, 1.54) is 20.2 Å². The van der Waals surface area contributed by atoms with Gasteiger partial charge in [-0.15, -0.1) is 0 Å². The van der Waals surface area contributed by atoms with Crippen molar-refractivity contribution in [1.29, 1.82) is 0 Å². The fraction of sp³-hybridized carbons (Fsp3) is 0.435. The van der Waals surface area contributed by atoms with Crippen LogP contribution in [0.15, 0.2) is 53.4 Å². The van der Waals surface area contributed by atoms with E-state index in [1.54, 1.807) is 24.1 Å². The van der Waals surface area contributed by atoms with Gasteiger partial charge in [0.05, 0.1) is 18.4 Å². The normalized spacial score (nSPS) is 16.6. The summed E-state index contributed by atoms with van der Waals surface area (Å²) in [6.07, 6.45) is 2.15. The van der Waals surface area contributed by atoms with Crippen LogP contribution in [0.3, 0.4) is 0 Å². The van der Waals surface area contributed by atoms with Crippen LogP contribution in [0.2, 0.25) is 0 Å². The molecular formula is C23H31N3O4S. The summed E-state index contributed by atoms with van der Waals surface area (Å²) in [7, 11) is 0.879. The molecule has 0 unspecified atom stereocenters. The Labute approximate surface area is 185 Å². The monoisotopic (exact) mass is 445 g/mol. The van der Waals surface area contributed by atoms with Gasteiger partial charge in [-0.2, -0.15) is 0 Å². The largest absolute Gasteiger partial charge is 0.497 e. The number of methoxy groups -OCH3 is 1. The number of nitrogens with one attached hydrogen (secondary N) is 1. The van der Waals surface area contributed by atoms with Crippen LogP contribution in [-0.2, 0) is 26.9 Å². The zero-order valence-electron chi connectivity index (χ0n) is 18.6. The van der Waals surface area contributed by atoms with Crippen molar-refractivity contribution in [2.45, 2.75) is 36.7 Å². The molecule has 31 heavy (non-hydrogen) atoms. The Balaban J connectivity index is 1.97. The number of carbonyl (C=O) groups excluding carboxylic acids is 1. The van der Waals surface area contributed by atoms with Crippen LogP contribution in [0, 0.1) is 0 Å². The van der Waals surface area contributed by atoms with Gasteiger partial charge in [-0.05, 0) is 44.0 Å². The second-order valence-corrected chi connectivity index (χ2v) is 9.75. The van der Waals surface area contributed by atoms with Crippen LogP contribution >= 0.6 is 0 Å². The van der Waals surface area contributed by atoms with Gasteiger partial charge in [0, 0.05) is 26.2 Å². The maximum Gasteiger partial charge on any atom is 0.240 e. The highest BCUT2D eigenvalue weighted by atomic mass is 32.2. The van der Waals surface area contributed by atoms with E-state index >= 15 is 0 Å². The molecule has 0 bridgehead atoms. The van der Waals surface area contributed by atoms with E-state index in [9.17, 15) is 13.2 Å². The number of amides is 1. The highest BCUT2D eigenvalue weighted by Gasteiger charge is 2.41. The molecule has 1 atom stereocenters. The van der Waals surface area contributed by atoms with E-state index in [0.717, 1.165) is 31.5 Å². The van der Waals surface area contributed by atoms with E-state index in [2.05, 4.69) is 16.5 Å². The first-order chi connectivity index (χ1) is 14.7. The van der Waals surface area contributed by atoms with Crippen LogP contribution in [0.1, 0.15) is 30.9 Å². The average Bonchev–Trinajstić information content (AvgIpc) is 3.34. The molecule has 1 N–H and O–H groups in total. The standard InChI is InChI=1S/C23H31N3O4S/c1-23(26-14-8-9-15-26,19-10-6-5-7-11-19)25(3)22(27)16-18-12-13-20(30-4)17-21(18)31(28,29)24-2/h5-7,10-13,17,24H,8-9,14-16H2,1-4H3/t23-/m1/s1. The second-order valence-electron chi connectivity index (χ2n) is 7.89. The van der Waals surface area contributed by atoms with Crippen molar-refractivity contribution in [2.75, 3.05) is 34.3 Å². The summed E-state index contributed by atoms with van der Waals surface area (Å²) in [6, 6.07) is 14.7. The summed E-state index contributed by atoms with van der Waals surface area (Å²) in [5.41, 5.74) is 0.845. The Kier molecular flexibility index (Phi) is 7.03. The Bertz CT molecular complexity index is 1020. The number of sulfonamides is 1. The van der Waals surface area contributed by atoms with Gasteiger partial charge in [0.25, 0.3) is 0 Å². The highest BCUT2D eigenvalue weighted by molar-refractivity contribution is 7.89. The lowest BCUT2D eigenvalue weighted by Crippen LogP contribution is -2.56. The molecule has 7 nitrogen and oxygen atoms in total. The third-order valence-corrected chi connectivity index (χ3v) is 7.74. The highest BCUT2D eigenvalue weighted by Crippen LogP contribution is 2.35. The quantitative estimate of drug-likeness (QED) is 0.676. The maximum absolute atomic E-state index is 13.5. The van der Waals surface area contributed by atoms with Crippen molar-refractivity contribution < 1.29 is 17.9 Å². The number of hydrogen-bond acceptors (Lipinski definition) is 5. The zero-order chi connectivity index (χ0) is 22.6. The average molecular weight is 446 g/mol. The Morgan fingerprint density at radius 2 is 1.81 bits per heavy atom. The van der Waals surface area contributed by atoms with Gasteiger partial charge in [0.15, 0.2) is 0 Å². The van der Waals surface area contributed by atoms with E-state index in [-0.39, 0.29) is 17.2 Å². The molecule has 0 aromatic heterocycles. The molecule has 2 aromatic rings. The minimum atomic E-state index is -3.75. The molecule has 1 heterocycles. The third-order valence-electron chi connectivity index (χ3n) is 6.24. The fourth-order valence-electron chi connectivity index (χ4n) is 4.19. The molecule has 3 rings (SSSR count). The van der Waals surface area contributed by atoms with Crippen LogP contribution in [0.4, 0.5) is 0 Å². The Hall–Kier alpha value is -2.42. The van der Waals surface area contributed by atoms with Gasteiger partial charge < -0.3 is 9.64 Å². The van der Waals surface area contributed by atoms with Gasteiger partial charge >= 0.3 is 0 Å². The van der Waals surface area contributed by atoms with Gasteiger partial charge in [0.1, 0.15) is 11.4 Å². The molecule has 1 aliphatic heterocycles. The number of hydrogen-bond donors (Lipinski definition) is 1. The summed E-state index contributed by atoms with van der Waals surface area (Å²) in [4.78, 5) is 17.6. The molecule has 8 heteroatoms. The predicted molar refractivity (Wildman–Crippen MR) is 120 cm³/mol. The first-order valence-electron chi connectivity index (χ1n) is 10.4. The third kappa shape index (κ3) is 4.61. The van der Waals surface area contributed by atoms with Crippen molar-refractivity contribution in [2.24, 2.45) is 0 Å². The zero-order valence-corrected chi connectivity index (χ0v) is 19.4. The van der Waals surface area contributed by atoms with E-state index in [1.807, 2.05) is 30.3 Å². The van der Waals surface area contributed by atoms with Crippen LogP contribution in [0.5, 0.6) is 5.75 Å². The lowest BCUT2D eigenvalue weighted by atomic mass is 9.97. The van der Waals surface area contributed by atoms with E-state index in [0.29, 0.717) is 11.3 Å². The molecule has 2 aromatic carbocycles. The number of ether oxygens (including phenoxy) is 1. The van der Waals surface area contributed by atoms with Crippen molar-refractivity contribution in [3.63, 3.8) is 0 Å². The number of nitrogens with zero attached hydrogens (tertiary/aromatic N) is 2. The molecule has 0 spiro atoms. The van der Waals surface area contributed by atoms with Gasteiger partial charge in [-0.25, -0.2) is 13.1 Å². The molecule has 0 saturated carbocycles. The molecular weight excluding hydrogens is 414 g/mol. The van der Waals surface area contributed by atoms with Crippen molar-refractivity contribution in [1.82, 2.24) is 14.5 Å². The van der Waals surface area contributed by atoms with Crippen LogP contribution < -0.4 is 9.46 Å². The number of carbonyl (C=O) groups is 1. The van der Waals surface area contributed by atoms with Crippen molar-refractivity contribution in [3.8, 4) is 5.75 Å². The van der Waals surface area contributed by atoms with Crippen LogP contribution in [-0.4, -0.2) is 58.4 Å². The van der Waals surface area contributed by atoms with Gasteiger partial charge in [-0.1, -0.05) is 36.4 Å². The number of likely N-dealkylation sites (tertiary alicyclic amines) is 1. The number of likely N-dealkylation sites (N-methyl/N-ethyl adjacent to an activating group) is 1. The lowest BCUT2D eigenvalue weighted by molar-refractivity contribution is -0.143. The van der Waals surface area contributed by atoms with E-state index < -0.39 is 15.7 Å². The summed E-state index contributed by atoms with van der Waals surface area (Å²) >= 11 is 0. The lowest BCUT2D eigenvalue weighted by Gasteiger charge is -2.46. The molecule has 1 aliphatic rings. The number of benzene rings is 2. The van der Waals surface area contributed by atoms with Crippen LogP contribution in [0.25, 0.3) is 0 Å². The van der Waals surface area contributed by atoms with E-state index in [4.69, 9.17) is 4.74 Å². The topological polar surface area (TPSA) is 78.9 Å². The van der Waals surface area contributed by atoms with Gasteiger partial charge in [-0.3, -0.25) is 9.69 Å². The molecule has 168 valence electrons. The van der Waals surface area contributed by atoms with Crippen molar-refractivity contribution in [3.05, 3.63) is 59.7 Å². The maximum atomic E-state index is 13.5. The minimum absolute atomic E-state index is 0.0347. The summed E-state index contributed by atoms with van der Waals surface area (Å²) < 4.78 is 32.7. The number of rotatable bonds is 8. The molecule has 0 aliphatic carbocycles. The van der Waals surface area contributed by atoms with Crippen molar-refractivity contribution >= 4 is 15.9 Å². The minimum Gasteiger partial charge on any atom is -0.497 e. The SMILES string of the molecule is CNS(=O)(=O)c1cc(OC)ccc1CC(=O)N(C)[C@@](C)(c1ccccc1)N1CCCC1. The summed E-state index contributed by atoms with van der Waals surface area (Å²) in [5.74, 6) is 0.264. The fourth-order valence-corrected chi connectivity index (χ4v) is 5.16. The summed E-state index contributed by atoms with van der Waals surface area (Å²) in [5, 5.41) is 0. The summed E-state index contributed by atoms with van der Waals surface area (Å²) in [6.45, 7) is 3.88. The first-order valence-corrected chi connectivity index (χ1v) is 11.9. The molecule has 1 saturated heterocycles. The predicted octanol–water partition coefficient (Wildman–Crippen LogP) is 2.57. The first kappa shape index (κ1) is 23.2. The molecule has 0 radical (unpaired) electrons.